The fourth-order valence-electron chi connectivity index (χ4n) is 2.45. The smallest absolute Gasteiger partial charge is 0.248 e. The van der Waals surface area contributed by atoms with Crippen LogP contribution in [0.5, 0.6) is 0 Å². The fraction of sp³-hybridized carbons (Fsp3) is 0.316. The van der Waals surface area contributed by atoms with E-state index in [0.29, 0.717) is 5.56 Å². The summed E-state index contributed by atoms with van der Waals surface area (Å²) in [6.45, 7) is 2.23. The number of amides is 1. The van der Waals surface area contributed by atoms with E-state index in [1.807, 2.05) is 12.1 Å². The van der Waals surface area contributed by atoms with Gasteiger partial charge in [0, 0.05) is 5.56 Å². The maximum Gasteiger partial charge on any atom is 0.248 e. The fourth-order valence-corrected chi connectivity index (χ4v) is 2.45. The average molecular weight is 281 g/mol. The molecule has 2 rings (SSSR count). The van der Waals surface area contributed by atoms with Gasteiger partial charge in [-0.3, -0.25) is 4.79 Å². The maximum absolute atomic E-state index is 11.1. The lowest BCUT2D eigenvalue weighted by Crippen LogP contribution is -2.10. The van der Waals surface area contributed by atoms with Gasteiger partial charge in [0.15, 0.2) is 0 Å². The van der Waals surface area contributed by atoms with Gasteiger partial charge in [-0.2, -0.15) is 0 Å². The number of aryl methyl sites for hydroxylation is 1. The van der Waals surface area contributed by atoms with Gasteiger partial charge in [0.05, 0.1) is 0 Å². The summed E-state index contributed by atoms with van der Waals surface area (Å²) >= 11 is 0. The van der Waals surface area contributed by atoms with E-state index < -0.39 is 0 Å². The second-order valence-electron chi connectivity index (χ2n) is 5.45. The number of benzene rings is 2. The standard InChI is InChI=1S/C19H23NO/c1-2-3-4-5-6-15-7-9-16(10-8-15)17-11-13-18(14-12-17)19(20)21/h7-14H,2-6H2,1H3,(H2,20,21). The van der Waals surface area contributed by atoms with E-state index in [1.54, 1.807) is 12.1 Å². The minimum Gasteiger partial charge on any atom is -0.366 e. The van der Waals surface area contributed by atoms with E-state index >= 15 is 0 Å². The third-order valence-electron chi connectivity index (χ3n) is 3.78. The first-order valence-electron chi connectivity index (χ1n) is 7.70. The lowest BCUT2D eigenvalue weighted by atomic mass is 10.00. The van der Waals surface area contributed by atoms with Crippen molar-refractivity contribution in [1.29, 1.82) is 0 Å². The molecule has 0 unspecified atom stereocenters. The molecule has 0 saturated heterocycles. The largest absolute Gasteiger partial charge is 0.366 e. The predicted molar refractivity (Wildman–Crippen MR) is 88.2 cm³/mol. The highest BCUT2D eigenvalue weighted by Gasteiger charge is 2.02. The number of rotatable bonds is 7. The van der Waals surface area contributed by atoms with Crippen molar-refractivity contribution in [3.8, 4) is 11.1 Å². The van der Waals surface area contributed by atoms with Crippen LogP contribution < -0.4 is 5.73 Å². The molecule has 2 N–H and O–H groups in total. The summed E-state index contributed by atoms with van der Waals surface area (Å²) in [5.41, 5.74) is 9.47. The predicted octanol–water partition coefficient (Wildman–Crippen LogP) is 4.58. The van der Waals surface area contributed by atoms with Crippen LogP contribution in [-0.4, -0.2) is 5.91 Å². The molecule has 2 aromatic carbocycles. The van der Waals surface area contributed by atoms with Crippen LogP contribution >= 0.6 is 0 Å². The van der Waals surface area contributed by atoms with Gasteiger partial charge < -0.3 is 5.73 Å². The molecule has 2 aromatic rings. The first-order valence-corrected chi connectivity index (χ1v) is 7.70. The zero-order valence-electron chi connectivity index (χ0n) is 12.6. The molecule has 0 aliphatic heterocycles. The van der Waals surface area contributed by atoms with Crippen molar-refractivity contribution in [3.05, 3.63) is 59.7 Å². The Morgan fingerprint density at radius 1 is 0.857 bits per heavy atom. The maximum atomic E-state index is 11.1. The van der Waals surface area contributed by atoms with Crippen molar-refractivity contribution in [3.63, 3.8) is 0 Å². The Hall–Kier alpha value is -2.09. The summed E-state index contributed by atoms with van der Waals surface area (Å²) in [5.74, 6) is -0.385. The number of hydrogen-bond donors (Lipinski definition) is 1. The quantitative estimate of drug-likeness (QED) is 0.742. The van der Waals surface area contributed by atoms with E-state index in [1.165, 1.54) is 36.8 Å². The van der Waals surface area contributed by atoms with E-state index in [0.717, 1.165) is 12.0 Å². The third kappa shape index (κ3) is 4.45. The lowest BCUT2D eigenvalue weighted by Gasteiger charge is -2.05. The van der Waals surface area contributed by atoms with Crippen molar-refractivity contribution in [1.82, 2.24) is 0 Å². The van der Waals surface area contributed by atoms with Crippen molar-refractivity contribution >= 4 is 5.91 Å². The Balaban J connectivity index is 1.99. The Kier molecular flexibility index (Phi) is 5.56. The van der Waals surface area contributed by atoms with Gasteiger partial charge in [-0.15, -0.1) is 0 Å². The number of carbonyl (C=O) groups is 1. The van der Waals surface area contributed by atoms with Gasteiger partial charge in [0.1, 0.15) is 0 Å². The molecule has 0 aromatic heterocycles. The van der Waals surface area contributed by atoms with Crippen LogP contribution in [0, 0.1) is 0 Å². The molecule has 0 heterocycles. The molecule has 2 nitrogen and oxygen atoms in total. The molecular weight excluding hydrogens is 258 g/mol. The summed E-state index contributed by atoms with van der Waals surface area (Å²) in [6.07, 6.45) is 6.33. The number of carbonyl (C=O) groups excluding carboxylic acids is 1. The highest BCUT2D eigenvalue weighted by Crippen LogP contribution is 2.21. The molecule has 0 atom stereocenters. The van der Waals surface area contributed by atoms with Crippen LogP contribution in [0.2, 0.25) is 0 Å². The van der Waals surface area contributed by atoms with Gasteiger partial charge >= 0.3 is 0 Å². The zero-order valence-corrected chi connectivity index (χ0v) is 12.6. The van der Waals surface area contributed by atoms with Gasteiger partial charge in [-0.1, -0.05) is 62.6 Å². The zero-order chi connectivity index (χ0) is 15.1. The van der Waals surface area contributed by atoms with Gasteiger partial charge in [0.2, 0.25) is 5.91 Å². The van der Waals surface area contributed by atoms with Crippen molar-refractivity contribution in [2.45, 2.75) is 39.0 Å². The first kappa shape index (κ1) is 15.3. The Labute approximate surface area is 127 Å². The van der Waals surface area contributed by atoms with E-state index in [2.05, 4.69) is 31.2 Å². The van der Waals surface area contributed by atoms with Crippen LogP contribution in [0.4, 0.5) is 0 Å². The summed E-state index contributed by atoms with van der Waals surface area (Å²) in [7, 11) is 0. The molecule has 2 heteroatoms. The molecule has 0 saturated carbocycles. The Morgan fingerprint density at radius 3 is 1.95 bits per heavy atom. The summed E-state index contributed by atoms with van der Waals surface area (Å²) < 4.78 is 0. The van der Waals surface area contributed by atoms with Crippen molar-refractivity contribution in [2.75, 3.05) is 0 Å². The molecule has 0 aliphatic carbocycles. The molecule has 0 bridgehead atoms. The summed E-state index contributed by atoms with van der Waals surface area (Å²) in [6, 6.07) is 16.1. The molecule has 110 valence electrons. The molecular formula is C19H23NO. The van der Waals surface area contributed by atoms with Crippen LogP contribution in [0.15, 0.2) is 48.5 Å². The van der Waals surface area contributed by atoms with Crippen LogP contribution in [0.3, 0.4) is 0 Å². The second-order valence-corrected chi connectivity index (χ2v) is 5.45. The normalized spacial score (nSPS) is 10.5. The lowest BCUT2D eigenvalue weighted by molar-refractivity contribution is 0.100. The van der Waals surface area contributed by atoms with E-state index in [-0.39, 0.29) is 5.91 Å². The average Bonchev–Trinajstić information content (AvgIpc) is 2.52. The van der Waals surface area contributed by atoms with Gasteiger partial charge in [0.25, 0.3) is 0 Å². The number of hydrogen-bond acceptors (Lipinski definition) is 1. The van der Waals surface area contributed by atoms with Crippen LogP contribution in [0.1, 0.15) is 48.5 Å². The van der Waals surface area contributed by atoms with Crippen LogP contribution in [-0.2, 0) is 6.42 Å². The number of unbranched alkanes of at least 4 members (excludes halogenated alkanes) is 3. The SMILES string of the molecule is CCCCCCc1ccc(-c2ccc(C(N)=O)cc2)cc1. The molecule has 1 amide bonds. The number of primary amides is 1. The molecule has 0 radical (unpaired) electrons. The molecule has 21 heavy (non-hydrogen) atoms. The Morgan fingerprint density at radius 2 is 1.43 bits per heavy atom. The monoisotopic (exact) mass is 281 g/mol. The minimum atomic E-state index is -0.385. The molecule has 0 spiro atoms. The van der Waals surface area contributed by atoms with E-state index in [9.17, 15) is 4.79 Å². The minimum absolute atomic E-state index is 0.385. The van der Waals surface area contributed by atoms with Gasteiger partial charge in [-0.05, 0) is 41.7 Å². The number of nitrogens with two attached hydrogens (primary N) is 1. The third-order valence-corrected chi connectivity index (χ3v) is 3.78. The molecule has 0 fully saturated rings. The van der Waals surface area contributed by atoms with Crippen LogP contribution in [0.25, 0.3) is 11.1 Å². The summed E-state index contributed by atoms with van der Waals surface area (Å²) in [5, 5.41) is 0. The highest BCUT2D eigenvalue weighted by molar-refractivity contribution is 5.93. The topological polar surface area (TPSA) is 43.1 Å². The van der Waals surface area contributed by atoms with Gasteiger partial charge in [-0.25, -0.2) is 0 Å². The van der Waals surface area contributed by atoms with Crippen molar-refractivity contribution < 1.29 is 4.79 Å². The van der Waals surface area contributed by atoms with E-state index in [4.69, 9.17) is 5.73 Å². The van der Waals surface area contributed by atoms with Crippen molar-refractivity contribution in [2.24, 2.45) is 5.73 Å². The molecule has 0 aliphatic rings. The second kappa shape index (κ2) is 7.63. The first-order chi connectivity index (χ1) is 10.2. The summed E-state index contributed by atoms with van der Waals surface area (Å²) in [4.78, 5) is 11.1. The Bertz CT molecular complexity index is 570. The highest BCUT2D eigenvalue weighted by atomic mass is 16.1.